The van der Waals surface area contributed by atoms with Crippen molar-refractivity contribution >= 4 is 17.8 Å². The third-order valence-corrected chi connectivity index (χ3v) is 4.08. The largest absolute Gasteiger partial charge is 0.476 e. The number of ether oxygens (including phenoxy) is 2. The number of nitro groups is 1. The van der Waals surface area contributed by atoms with Crippen LogP contribution in [0.5, 0.6) is 5.75 Å². The maximum Gasteiger partial charge on any atom is 0.417 e. The van der Waals surface area contributed by atoms with Crippen molar-refractivity contribution in [2.24, 2.45) is 0 Å². The number of esters is 1. The third kappa shape index (κ3) is 6.38. The molecule has 0 N–H and O–H groups in total. The van der Waals surface area contributed by atoms with Crippen molar-refractivity contribution in [2.45, 2.75) is 32.5 Å². The van der Waals surface area contributed by atoms with Crippen LogP contribution in [0.15, 0.2) is 36.4 Å². The minimum atomic E-state index is -4.94. The average molecular weight is 441 g/mol. The molecule has 0 aromatic heterocycles. The predicted molar refractivity (Wildman–Crippen MR) is 99.3 cm³/mol. The molecular formula is C20H18F3NO7. The molecule has 0 spiro atoms. The van der Waals surface area contributed by atoms with Crippen molar-refractivity contribution in [1.29, 1.82) is 0 Å². The minimum Gasteiger partial charge on any atom is -0.476 e. The van der Waals surface area contributed by atoms with Gasteiger partial charge in [0, 0.05) is 12.1 Å². The van der Waals surface area contributed by atoms with Crippen molar-refractivity contribution in [2.75, 3.05) is 7.11 Å². The lowest BCUT2D eigenvalue weighted by atomic mass is 9.96. The van der Waals surface area contributed by atoms with E-state index in [-0.39, 0.29) is 6.15 Å². The van der Waals surface area contributed by atoms with Crippen molar-refractivity contribution in [3.8, 4) is 5.75 Å². The number of rotatable bonds is 5. The van der Waals surface area contributed by atoms with Gasteiger partial charge >= 0.3 is 24.0 Å². The topological polar surface area (TPSA) is 113 Å². The molecule has 8 nitrogen and oxygen atoms in total. The summed E-state index contributed by atoms with van der Waals surface area (Å²) in [5.41, 5.74) is -2.77. The Morgan fingerprint density at radius 3 is 2.16 bits per heavy atom. The number of benzene rings is 2. The van der Waals surface area contributed by atoms with E-state index in [1.807, 2.05) is 13.0 Å². The van der Waals surface area contributed by atoms with Crippen LogP contribution in [0.4, 0.5) is 18.9 Å². The van der Waals surface area contributed by atoms with E-state index in [1.54, 1.807) is 32.0 Å². The molecule has 0 aliphatic heterocycles. The number of carbonyl (C=O) groups is 1. The zero-order valence-corrected chi connectivity index (χ0v) is 16.9. The summed E-state index contributed by atoms with van der Waals surface area (Å²) in [4.78, 5) is 38.5. The Kier molecular flexibility index (Phi) is 8.05. The fraction of sp³-hybridized carbons (Fsp3) is 0.300. The molecule has 0 unspecified atom stereocenters. The van der Waals surface area contributed by atoms with Crippen molar-refractivity contribution in [3.05, 3.63) is 68.8 Å². The van der Waals surface area contributed by atoms with Gasteiger partial charge in [0.15, 0.2) is 5.75 Å². The molecule has 11 heteroatoms. The van der Waals surface area contributed by atoms with E-state index in [1.165, 1.54) is 0 Å². The minimum absolute atomic E-state index is 0.250. The fourth-order valence-corrected chi connectivity index (χ4v) is 2.66. The van der Waals surface area contributed by atoms with E-state index in [2.05, 4.69) is 4.74 Å². The zero-order chi connectivity index (χ0) is 24.0. The molecule has 31 heavy (non-hydrogen) atoms. The first-order valence-corrected chi connectivity index (χ1v) is 8.51. The smallest absolute Gasteiger partial charge is 0.417 e. The molecule has 2 rings (SSSR count). The van der Waals surface area contributed by atoms with Gasteiger partial charge in [0.1, 0.15) is 5.60 Å². The normalized spacial score (nSPS) is 10.9. The van der Waals surface area contributed by atoms with E-state index in [0.29, 0.717) is 17.7 Å². The Morgan fingerprint density at radius 1 is 1.13 bits per heavy atom. The second-order valence-electron chi connectivity index (χ2n) is 6.68. The lowest BCUT2D eigenvalue weighted by molar-refractivity contribution is -0.386. The summed E-state index contributed by atoms with van der Waals surface area (Å²) in [6.07, 6.45) is -4.69. The van der Waals surface area contributed by atoms with Crippen LogP contribution in [-0.2, 0) is 26.1 Å². The Bertz CT molecular complexity index is 1010. The summed E-state index contributed by atoms with van der Waals surface area (Å²) in [5.74, 6) is -1.93. The van der Waals surface area contributed by atoms with Gasteiger partial charge in [-0.15, -0.1) is 0 Å². The van der Waals surface area contributed by atoms with Crippen LogP contribution >= 0.6 is 0 Å². The molecule has 0 bridgehead atoms. The lowest BCUT2D eigenvalue weighted by Crippen LogP contribution is -2.26. The summed E-state index contributed by atoms with van der Waals surface area (Å²) in [5, 5.41) is 11.4. The standard InChI is InChI=1S/C19H18F3NO5.CO2/c1-11-6-5-7-12(8-11)18(2,3)28-16-10-14(19(20,21)22)13(17(24)27-4)9-15(16)23(25)26;2-1-3/h5-10H,1-4H3;. The highest BCUT2D eigenvalue weighted by molar-refractivity contribution is 5.92. The fourth-order valence-electron chi connectivity index (χ4n) is 2.66. The number of alkyl halides is 3. The summed E-state index contributed by atoms with van der Waals surface area (Å²) < 4.78 is 50.3. The summed E-state index contributed by atoms with van der Waals surface area (Å²) in [7, 11) is 0.888. The highest BCUT2D eigenvalue weighted by Gasteiger charge is 2.39. The van der Waals surface area contributed by atoms with E-state index in [4.69, 9.17) is 14.3 Å². The molecule has 2 aromatic carbocycles. The number of carbonyl (C=O) groups excluding carboxylic acids is 3. The second kappa shape index (κ2) is 9.86. The van der Waals surface area contributed by atoms with Gasteiger partial charge in [-0.3, -0.25) is 10.1 Å². The molecule has 166 valence electrons. The Labute approximate surface area is 174 Å². The van der Waals surface area contributed by atoms with Crippen LogP contribution in [0.1, 0.15) is 40.9 Å². The first kappa shape index (κ1) is 25.3. The molecule has 0 saturated heterocycles. The number of methoxy groups -OCH3 is 1. The molecule has 0 atom stereocenters. The molecule has 0 fully saturated rings. The highest BCUT2D eigenvalue weighted by atomic mass is 19.4. The molecule has 0 heterocycles. The molecule has 0 aliphatic carbocycles. The van der Waals surface area contributed by atoms with Crippen molar-refractivity contribution in [1.82, 2.24) is 0 Å². The van der Waals surface area contributed by atoms with Gasteiger partial charge < -0.3 is 9.47 Å². The SMILES string of the molecule is COC(=O)c1cc([N+](=O)[O-])c(OC(C)(C)c2cccc(C)c2)cc1C(F)(F)F.O=C=O. The average Bonchev–Trinajstić information content (AvgIpc) is 2.66. The predicted octanol–water partition coefficient (Wildman–Crippen LogP) is 4.44. The summed E-state index contributed by atoms with van der Waals surface area (Å²) in [6, 6.07) is 8.02. The van der Waals surface area contributed by atoms with Crippen LogP contribution in [0.3, 0.4) is 0 Å². The summed E-state index contributed by atoms with van der Waals surface area (Å²) in [6.45, 7) is 4.98. The van der Waals surface area contributed by atoms with Gasteiger partial charge in [0.2, 0.25) is 0 Å². The Hall–Kier alpha value is -3.72. The van der Waals surface area contributed by atoms with Crippen LogP contribution in [0.2, 0.25) is 0 Å². The number of hydrogen-bond donors (Lipinski definition) is 0. The maximum atomic E-state index is 13.4. The van der Waals surface area contributed by atoms with Crippen molar-refractivity contribution in [3.63, 3.8) is 0 Å². The maximum absolute atomic E-state index is 13.4. The van der Waals surface area contributed by atoms with E-state index in [0.717, 1.165) is 12.7 Å². The highest BCUT2D eigenvalue weighted by Crippen LogP contribution is 2.41. The van der Waals surface area contributed by atoms with Gasteiger partial charge in [-0.1, -0.05) is 29.8 Å². The zero-order valence-electron chi connectivity index (χ0n) is 16.9. The van der Waals surface area contributed by atoms with Gasteiger partial charge in [-0.2, -0.15) is 22.8 Å². The number of nitrogens with zero attached hydrogens (tertiary/aromatic N) is 1. The van der Waals surface area contributed by atoms with Crippen molar-refractivity contribution < 1.29 is 42.0 Å². The molecule has 2 aromatic rings. The number of nitro benzene ring substituents is 1. The number of aryl methyl sites for hydroxylation is 1. The third-order valence-electron chi connectivity index (χ3n) is 4.08. The van der Waals surface area contributed by atoms with Gasteiger partial charge in [-0.05, 0) is 26.3 Å². The molecule has 0 saturated carbocycles. The first-order valence-electron chi connectivity index (χ1n) is 8.51. The molecular weight excluding hydrogens is 423 g/mol. The number of halogens is 3. The lowest BCUT2D eigenvalue weighted by Gasteiger charge is -2.27. The van der Waals surface area contributed by atoms with Crippen LogP contribution < -0.4 is 4.74 Å². The molecule has 0 radical (unpaired) electrons. The van der Waals surface area contributed by atoms with Crippen LogP contribution in [0.25, 0.3) is 0 Å². The van der Waals surface area contributed by atoms with E-state index >= 15 is 0 Å². The second-order valence-corrected chi connectivity index (χ2v) is 6.68. The van der Waals surface area contributed by atoms with Gasteiger partial charge in [0.05, 0.1) is 23.2 Å². The Morgan fingerprint density at radius 2 is 1.71 bits per heavy atom. The van der Waals surface area contributed by atoms with Crippen LogP contribution in [-0.4, -0.2) is 24.2 Å². The van der Waals surface area contributed by atoms with E-state index < -0.39 is 45.2 Å². The summed E-state index contributed by atoms with van der Waals surface area (Å²) >= 11 is 0. The quantitative estimate of drug-likeness (QED) is 0.383. The Balaban J connectivity index is 0.00000151. The van der Waals surface area contributed by atoms with Gasteiger partial charge in [0.25, 0.3) is 0 Å². The van der Waals surface area contributed by atoms with Gasteiger partial charge in [-0.25, -0.2) is 4.79 Å². The molecule has 0 aliphatic rings. The molecule has 0 amide bonds. The monoisotopic (exact) mass is 441 g/mol. The van der Waals surface area contributed by atoms with E-state index in [9.17, 15) is 28.1 Å². The number of hydrogen-bond acceptors (Lipinski definition) is 7. The first-order chi connectivity index (χ1) is 14.3. The van der Waals surface area contributed by atoms with Crippen LogP contribution in [0, 0.1) is 17.0 Å².